The van der Waals surface area contributed by atoms with Gasteiger partial charge in [-0.1, -0.05) is 12.1 Å². The van der Waals surface area contributed by atoms with Crippen molar-refractivity contribution in [1.29, 1.82) is 0 Å². The largest absolute Gasteiger partial charge is 0.508 e. The van der Waals surface area contributed by atoms with Crippen LogP contribution in [0.2, 0.25) is 5.28 Å². The van der Waals surface area contributed by atoms with E-state index in [-0.39, 0.29) is 29.4 Å². The number of benzene rings is 1. The molecule has 0 saturated carbocycles. The van der Waals surface area contributed by atoms with Crippen LogP contribution in [-0.2, 0) is 17.6 Å². The van der Waals surface area contributed by atoms with Crippen LogP contribution in [0.4, 0.5) is 11.6 Å². The van der Waals surface area contributed by atoms with Gasteiger partial charge in [-0.25, -0.2) is 4.98 Å². The maximum Gasteiger partial charge on any atom is 0.233 e. The first-order chi connectivity index (χ1) is 11.5. The minimum absolute atomic E-state index is 0.0122. The van der Waals surface area contributed by atoms with Crippen molar-refractivity contribution in [2.45, 2.75) is 32.7 Å². The zero-order valence-electron chi connectivity index (χ0n) is 13.6. The summed E-state index contributed by atoms with van der Waals surface area (Å²) < 4.78 is 0. The summed E-state index contributed by atoms with van der Waals surface area (Å²) in [7, 11) is 0. The Labute approximate surface area is 145 Å². The highest BCUT2D eigenvalue weighted by molar-refractivity contribution is 6.28. The molecule has 0 radical (unpaired) electrons. The predicted molar refractivity (Wildman–Crippen MR) is 93.7 cm³/mol. The molecule has 1 aromatic heterocycles. The molecule has 2 aromatic rings. The van der Waals surface area contributed by atoms with Crippen molar-refractivity contribution >= 4 is 29.1 Å². The van der Waals surface area contributed by atoms with E-state index in [0.717, 1.165) is 17.5 Å². The summed E-state index contributed by atoms with van der Waals surface area (Å²) in [6.45, 7) is 4.53. The van der Waals surface area contributed by atoms with Crippen LogP contribution >= 0.6 is 11.6 Å². The molecule has 2 heterocycles. The minimum Gasteiger partial charge on any atom is -0.508 e. The molecule has 3 rings (SSSR count). The molecule has 126 valence electrons. The van der Waals surface area contributed by atoms with Crippen molar-refractivity contribution in [3.8, 4) is 5.75 Å². The van der Waals surface area contributed by atoms with Crippen LogP contribution in [0, 0.1) is 0 Å². The van der Waals surface area contributed by atoms with Crippen molar-refractivity contribution in [3.63, 3.8) is 0 Å². The van der Waals surface area contributed by atoms with Crippen molar-refractivity contribution in [3.05, 3.63) is 40.7 Å². The Hall–Kier alpha value is -2.34. The van der Waals surface area contributed by atoms with E-state index in [0.29, 0.717) is 18.2 Å². The molecule has 1 aliphatic rings. The third-order valence-corrected chi connectivity index (χ3v) is 4.11. The topological polar surface area (TPSA) is 78.4 Å². The van der Waals surface area contributed by atoms with Gasteiger partial charge in [0.15, 0.2) is 0 Å². The Kier molecular flexibility index (Phi) is 4.57. The number of carbonyl (C=O) groups is 1. The van der Waals surface area contributed by atoms with Gasteiger partial charge in [-0.15, -0.1) is 0 Å². The fourth-order valence-electron chi connectivity index (χ4n) is 2.83. The summed E-state index contributed by atoms with van der Waals surface area (Å²) in [6.07, 6.45) is 1.05. The standard InChI is InChI=1S/C17H19ClN4O2/c1-10(2)22-14(24)9-13-15(20-17(18)21-16(13)22)19-8-7-11-3-5-12(23)6-4-11/h3-6,10,23H,7-9H2,1-2H3,(H,19,20,21). The van der Waals surface area contributed by atoms with Gasteiger partial charge < -0.3 is 10.4 Å². The third kappa shape index (κ3) is 3.28. The zero-order chi connectivity index (χ0) is 17.3. The number of carbonyl (C=O) groups excluding carboxylic acids is 1. The summed E-state index contributed by atoms with van der Waals surface area (Å²) in [5, 5.41) is 12.7. The highest BCUT2D eigenvalue weighted by atomic mass is 35.5. The van der Waals surface area contributed by atoms with Crippen LogP contribution in [0.5, 0.6) is 5.75 Å². The number of anilines is 2. The minimum atomic E-state index is 0.0122. The lowest BCUT2D eigenvalue weighted by Gasteiger charge is -2.21. The second-order valence-electron chi connectivity index (χ2n) is 6.02. The molecule has 7 heteroatoms. The van der Waals surface area contributed by atoms with Gasteiger partial charge >= 0.3 is 0 Å². The Bertz CT molecular complexity index is 762. The lowest BCUT2D eigenvalue weighted by Crippen LogP contribution is -2.34. The van der Waals surface area contributed by atoms with E-state index in [2.05, 4.69) is 15.3 Å². The van der Waals surface area contributed by atoms with E-state index in [9.17, 15) is 9.90 Å². The van der Waals surface area contributed by atoms with Crippen molar-refractivity contribution < 1.29 is 9.90 Å². The first kappa shape index (κ1) is 16.5. The van der Waals surface area contributed by atoms with Gasteiger partial charge in [0.05, 0.1) is 6.42 Å². The number of rotatable bonds is 5. The fourth-order valence-corrected chi connectivity index (χ4v) is 2.99. The predicted octanol–water partition coefficient (Wildman–Crippen LogP) is 2.79. The van der Waals surface area contributed by atoms with Gasteiger partial charge in [0.1, 0.15) is 17.4 Å². The molecule has 1 aromatic carbocycles. The summed E-state index contributed by atoms with van der Waals surface area (Å²) in [4.78, 5) is 22.4. The molecule has 0 saturated heterocycles. The number of phenols is 1. The maximum atomic E-state index is 12.2. The average Bonchev–Trinajstić information content (AvgIpc) is 2.85. The molecule has 0 unspecified atom stereocenters. The van der Waals surface area contributed by atoms with E-state index in [1.807, 2.05) is 26.0 Å². The second kappa shape index (κ2) is 6.65. The van der Waals surface area contributed by atoms with Crippen LogP contribution < -0.4 is 10.2 Å². The van der Waals surface area contributed by atoms with Gasteiger partial charge in [0.25, 0.3) is 0 Å². The smallest absolute Gasteiger partial charge is 0.233 e. The van der Waals surface area contributed by atoms with E-state index in [4.69, 9.17) is 11.6 Å². The Morgan fingerprint density at radius 3 is 2.67 bits per heavy atom. The van der Waals surface area contributed by atoms with Gasteiger partial charge in [0, 0.05) is 18.2 Å². The number of halogens is 1. The monoisotopic (exact) mass is 346 g/mol. The van der Waals surface area contributed by atoms with E-state index < -0.39 is 0 Å². The average molecular weight is 347 g/mol. The first-order valence-electron chi connectivity index (χ1n) is 7.86. The highest BCUT2D eigenvalue weighted by Gasteiger charge is 2.33. The SMILES string of the molecule is CC(C)N1C(=O)Cc2c(NCCc3ccc(O)cc3)nc(Cl)nc21. The van der Waals surface area contributed by atoms with E-state index in [1.165, 1.54) is 0 Å². The number of hydrogen-bond donors (Lipinski definition) is 2. The molecule has 1 aliphatic heterocycles. The second-order valence-corrected chi connectivity index (χ2v) is 6.36. The van der Waals surface area contributed by atoms with Crippen LogP contribution in [-0.4, -0.2) is 33.6 Å². The molecule has 24 heavy (non-hydrogen) atoms. The molecule has 0 bridgehead atoms. The van der Waals surface area contributed by atoms with E-state index >= 15 is 0 Å². The molecule has 0 fully saturated rings. The molecule has 2 N–H and O–H groups in total. The number of fused-ring (bicyclic) bond motifs is 1. The van der Waals surface area contributed by atoms with Gasteiger partial charge in [0.2, 0.25) is 11.2 Å². The number of aromatic hydroxyl groups is 1. The molecule has 1 amide bonds. The van der Waals surface area contributed by atoms with Crippen LogP contribution in [0.3, 0.4) is 0 Å². The summed E-state index contributed by atoms with van der Waals surface area (Å²) in [5.74, 6) is 1.47. The van der Waals surface area contributed by atoms with Gasteiger partial charge in [-0.3, -0.25) is 9.69 Å². The number of amides is 1. The van der Waals surface area contributed by atoms with Crippen LogP contribution in [0.25, 0.3) is 0 Å². The Morgan fingerprint density at radius 1 is 1.29 bits per heavy atom. The number of hydrogen-bond acceptors (Lipinski definition) is 5. The summed E-state index contributed by atoms with van der Waals surface area (Å²) >= 11 is 6.03. The maximum absolute atomic E-state index is 12.2. The molecular weight excluding hydrogens is 328 g/mol. The van der Waals surface area contributed by atoms with Gasteiger partial charge in [-0.05, 0) is 49.6 Å². The summed E-state index contributed by atoms with van der Waals surface area (Å²) in [6, 6.07) is 7.09. The number of phenolic OH excluding ortho intramolecular Hbond substituents is 1. The number of aromatic nitrogens is 2. The molecule has 0 aliphatic carbocycles. The molecular formula is C17H19ClN4O2. The zero-order valence-corrected chi connectivity index (χ0v) is 14.3. The van der Waals surface area contributed by atoms with Crippen molar-refractivity contribution in [2.75, 3.05) is 16.8 Å². The normalized spacial score (nSPS) is 13.5. The fraction of sp³-hybridized carbons (Fsp3) is 0.353. The van der Waals surface area contributed by atoms with Crippen molar-refractivity contribution in [1.82, 2.24) is 9.97 Å². The first-order valence-corrected chi connectivity index (χ1v) is 8.23. The number of nitrogens with zero attached hydrogens (tertiary/aromatic N) is 3. The third-order valence-electron chi connectivity index (χ3n) is 3.94. The molecule has 0 atom stereocenters. The van der Waals surface area contributed by atoms with Crippen LogP contribution in [0.1, 0.15) is 25.0 Å². The summed E-state index contributed by atoms with van der Waals surface area (Å²) in [5.41, 5.74) is 1.89. The van der Waals surface area contributed by atoms with Crippen molar-refractivity contribution in [2.24, 2.45) is 0 Å². The lowest BCUT2D eigenvalue weighted by atomic mass is 10.1. The quantitative estimate of drug-likeness (QED) is 0.814. The lowest BCUT2D eigenvalue weighted by molar-refractivity contribution is -0.117. The number of nitrogens with one attached hydrogen (secondary N) is 1. The Morgan fingerprint density at radius 2 is 2.00 bits per heavy atom. The van der Waals surface area contributed by atoms with E-state index in [1.54, 1.807) is 17.0 Å². The Balaban J connectivity index is 1.76. The van der Waals surface area contributed by atoms with Crippen LogP contribution in [0.15, 0.2) is 24.3 Å². The molecule has 6 nitrogen and oxygen atoms in total. The highest BCUT2D eigenvalue weighted by Crippen LogP contribution is 2.34. The molecule has 0 spiro atoms. The van der Waals surface area contributed by atoms with Gasteiger partial charge in [-0.2, -0.15) is 4.98 Å².